The number of methoxy groups -OCH3 is 1. The molecule has 0 aromatic carbocycles. The zero-order valence-electron chi connectivity index (χ0n) is 10.2. The summed E-state index contributed by atoms with van der Waals surface area (Å²) in [5.74, 6) is 0. The molecule has 0 aromatic heterocycles. The molecule has 0 aliphatic rings. The van der Waals surface area contributed by atoms with Crippen LogP contribution in [0.1, 0.15) is 6.42 Å². The normalized spacial score (nSPS) is 14.3. The average Bonchev–Trinajstić information content (AvgIpc) is 2.15. The van der Waals surface area contributed by atoms with Crippen LogP contribution in [0, 0.1) is 0 Å². The Labute approximate surface area is 99.3 Å². The van der Waals surface area contributed by atoms with Crippen molar-refractivity contribution >= 4 is 0 Å². The zero-order valence-corrected chi connectivity index (χ0v) is 10.2. The fourth-order valence-electron chi connectivity index (χ4n) is 1.32. The van der Waals surface area contributed by atoms with Crippen molar-refractivity contribution < 1.29 is 27.8 Å². The van der Waals surface area contributed by atoms with Crippen LogP contribution in [0.15, 0.2) is 0 Å². The van der Waals surface area contributed by atoms with Crippen LogP contribution in [0.3, 0.4) is 0 Å². The topological polar surface area (TPSA) is 41.9 Å². The quantitative estimate of drug-likeness (QED) is 0.625. The van der Waals surface area contributed by atoms with E-state index in [-0.39, 0.29) is 13.2 Å². The maximum Gasteiger partial charge on any atom is 0.411 e. The highest BCUT2D eigenvalue weighted by molar-refractivity contribution is 4.60. The largest absolute Gasteiger partial charge is 0.411 e. The van der Waals surface area contributed by atoms with Crippen molar-refractivity contribution in [3.05, 3.63) is 0 Å². The van der Waals surface area contributed by atoms with Crippen molar-refractivity contribution in [1.82, 2.24) is 4.90 Å². The molecule has 0 rings (SSSR count). The first-order chi connectivity index (χ1) is 7.85. The lowest BCUT2D eigenvalue weighted by Gasteiger charge is -2.19. The summed E-state index contributed by atoms with van der Waals surface area (Å²) in [7, 11) is 3.27. The molecule has 104 valence electrons. The minimum absolute atomic E-state index is 0.0597. The van der Waals surface area contributed by atoms with Gasteiger partial charge in [0.25, 0.3) is 0 Å². The first-order valence-corrected chi connectivity index (χ1v) is 5.35. The van der Waals surface area contributed by atoms with Gasteiger partial charge < -0.3 is 19.5 Å². The second-order valence-corrected chi connectivity index (χ2v) is 3.89. The molecule has 0 radical (unpaired) electrons. The van der Waals surface area contributed by atoms with Gasteiger partial charge in [-0.25, -0.2) is 0 Å². The molecule has 0 aliphatic carbocycles. The summed E-state index contributed by atoms with van der Waals surface area (Å²) in [6.07, 6.45) is -4.35. The third-order valence-corrected chi connectivity index (χ3v) is 1.98. The van der Waals surface area contributed by atoms with Gasteiger partial charge in [0.2, 0.25) is 0 Å². The van der Waals surface area contributed by atoms with Gasteiger partial charge >= 0.3 is 6.18 Å². The zero-order chi connectivity index (χ0) is 13.3. The Morgan fingerprint density at radius 2 is 2.00 bits per heavy atom. The molecule has 0 aliphatic heterocycles. The van der Waals surface area contributed by atoms with Crippen LogP contribution in [0.4, 0.5) is 13.2 Å². The van der Waals surface area contributed by atoms with E-state index in [4.69, 9.17) is 4.74 Å². The van der Waals surface area contributed by atoms with E-state index in [1.165, 1.54) is 7.11 Å². The van der Waals surface area contributed by atoms with Gasteiger partial charge in [-0.05, 0) is 13.5 Å². The average molecular weight is 259 g/mol. The maximum atomic E-state index is 11.7. The highest BCUT2D eigenvalue weighted by Gasteiger charge is 2.27. The fourth-order valence-corrected chi connectivity index (χ4v) is 1.32. The number of alkyl halides is 3. The third kappa shape index (κ3) is 11.9. The number of ether oxygens (including phenoxy) is 2. The number of rotatable bonds is 9. The lowest BCUT2D eigenvalue weighted by molar-refractivity contribution is -0.174. The van der Waals surface area contributed by atoms with Crippen LogP contribution in [0.5, 0.6) is 0 Å². The van der Waals surface area contributed by atoms with Gasteiger partial charge in [0.05, 0.1) is 12.7 Å². The molecule has 7 heteroatoms. The van der Waals surface area contributed by atoms with Gasteiger partial charge in [-0.2, -0.15) is 13.2 Å². The number of hydrogen-bond acceptors (Lipinski definition) is 4. The van der Waals surface area contributed by atoms with E-state index in [2.05, 4.69) is 4.74 Å². The molecule has 0 amide bonds. The molecular weight excluding hydrogens is 239 g/mol. The molecule has 0 saturated carbocycles. The van der Waals surface area contributed by atoms with Crippen molar-refractivity contribution in [2.45, 2.75) is 18.7 Å². The van der Waals surface area contributed by atoms with Crippen molar-refractivity contribution in [3.63, 3.8) is 0 Å². The summed E-state index contributed by atoms with van der Waals surface area (Å²) in [5, 5.41) is 9.38. The predicted octanol–water partition coefficient (Wildman–Crippen LogP) is 0.895. The van der Waals surface area contributed by atoms with Gasteiger partial charge in [-0.1, -0.05) is 0 Å². The SMILES string of the molecule is COCC(O)CN(C)CCCOCC(F)(F)F. The maximum absolute atomic E-state index is 11.7. The van der Waals surface area contributed by atoms with E-state index in [0.717, 1.165) is 0 Å². The second-order valence-electron chi connectivity index (χ2n) is 3.89. The molecule has 1 unspecified atom stereocenters. The highest BCUT2D eigenvalue weighted by Crippen LogP contribution is 2.14. The molecule has 4 nitrogen and oxygen atoms in total. The summed E-state index contributed by atoms with van der Waals surface area (Å²) < 4.78 is 44.4. The van der Waals surface area contributed by atoms with Crippen molar-refractivity contribution in [1.29, 1.82) is 0 Å². The van der Waals surface area contributed by atoms with Gasteiger partial charge in [0.1, 0.15) is 6.61 Å². The molecule has 0 fully saturated rings. The van der Waals surface area contributed by atoms with Crippen molar-refractivity contribution in [2.75, 3.05) is 47.1 Å². The summed E-state index contributed by atoms with van der Waals surface area (Å²) in [6.45, 7) is 0.0912. The first kappa shape index (κ1) is 16.6. The van der Waals surface area contributed by atoms with Crippen LogP contribution in [-0.4, -0.2) is 69.4 Å². The number of aliphatic hydroxyl groups excluding tert-OH is 1. The lowest BCUT2D eigenvalue weighted by Crippen LogP contribution is -2.33. The van der Waals surface area contributed by atoms with E-state index in [9.17, 15) is 18.3 Å². The molecule has 0 aromatic rings. The Balaban J connectivity index is 3.42. The molecular formula is C10H20F3NO3. The highest BCUT2D eigenvalue weighted by atomic mass is 19.4. The van der Waals surface area contributed by atoms with E-state index >= 15 is 0 Å². The number of aliphatic hydroxyl groups is 1. The van der Waals surface area contributed by atoms with Crippen LogP contribution in [-0.2, 0) is 9.47 Å². The molecule has 1 atom stereocenters. The molecule has 0 bridgehead atoms. The van der Waals surface area contributed by atoms with Crippen LogP contribution in [0.25, 0.3) is 0 Å². The smallest absolute Gasteiger partial charge is 0.389 e. The van der Waals surface area contributed by atoms with Gasteiger partial charge in [0, 0.05) is 26.8 Å². The van der Waals surface area contributed by atoms with E-state index in [0.29, 0.717) is 19.5 Å². The standard InChI is InChI=1S/C10H20F3NO3/c1-14(6-9(15)7-16-2)4-3-5-17-8-10(11,12)13/h9,15H,3-8H2,1-2H3. The molecule has 1 N–H and O–H groups in total. The number of hydrogen-bond donors (Lipinski definition) is 1. The summed E-state index contributed by atoms with van der Waals surface area (Å²) in [5.41, 5.74) is 0. The van der Waals surface area contributed by atoms with E-state index < -0.39 is 18.9 Å². The Morgan fingerprint density at radius 3 is 2.53 bits per heavy atom. The Morgan fingerprint density at radius 1 is 1.35 bits per heavy atom. The van der Waals surface area contributed by atoms with Gasteiger partial charge in [0.15, 0.2) is 0 Å². The predicted molar refractivity (Wildman–Crippen MR) is 56.9 cm³/mol. The van der Waals surface area contributed by atoms with Crippen LogP contribution >= 0.6 is 0 Å². The summed E-state index contributed by atoms with van der Waals surface area (Å²) in [4.78, 5) is 1.82. The van der Waals surface area contributed by atoms with E-state index in [1.54, 1.807) is 7.05 Å². The van der Waals surface area contributed by atoms with Gasteiger partial charge in [-0.3, -0.25) is 0 Å². The van der Waals surface area contributed by atoms with Crippen LogP contribution in [0.2, 0.25) is 0 Å². The molecule has 0 heterocycles. The van der Waals surface area contributed by atoms with Crippen LogP contribution < -0.4 is 0 Å². The fraction of sp³-hybridized carbons (Fsp3) is 1.00. The van der Waals surface area contributed by atoms with E-state index in [1.807, 2.05) is 4.90 Å². The first-order valence-electron chi connectivity index (χ1n) is 5.35. The monoisotopic (exact) mass is 259 g/mol. The minimum Gasteiger partial charge on any atom is -0.389 e. The Hall–Kier alpha value is -0.370. The summed E-state index contributed by atoms with van der Waals surface area (Å²) in [6, 6.07) is 0. The Bertz CT molecular complexity index is 190. The number of nitrogens with zero attached hydrogens (tertiary/aromatic N) is 1. The third-order valence-electron chi connectivity index (χ3n) is 1.98. The Kier molecular flexibility index (Phi) is 8.49. The number of halogens is 3. The van der Waals surface area contributed by atoms with Crippen molar-refractivity contribution in [2.24, 2.45) is 0 Å². The lowest BCUT2D eigenvalue weighted by atomic mass is 10.3. The molecule has 0 spiro atoms. The summed E-state index contributed by atoms with van der Waals surface area (Å²) >= 11 is 0. The van der Waals surface area contributed by atoms with Crippen molar-refractivity contribution in [3.8, 4) is 0 Å². The number of likely N-dealkylation sites (N-methyl/N-ethyl adjacent to an activating group) is 1. The second kappa shape index (κ2) is 8.68. The minimum atomic E-state index is -4.26. The van der Waals surface area contributed by atoms with Gasteiger partial charge in [-0.15, -0.1) is 0 Å². The molecule has 17 heavy (non-hydrogen) atoms. The molecule has 0 saturated heterocycles.